The van der Waals surface area contributed by atoms with Crippen molar-refractivity contribution >= 4 is 0 Å². The maximum atomic E-state index is 12.2. The van der Waals surface area contributed by atoms with Gasteiger partial charge in [0.15, 0.2) is 0 Å². The highest BCUT2D eigenvalue weighted by atomic mass is 19.4. The molecule has 3 rings (SSSR count). The number of alkyl halides is 3. The molecule has 0 amide bonds. The van der Waals surface area contributed by atoms with E-state index in [0.717, 1.165) is 24.2 Å². The molecule has 0 radical (unpaired) electrons. The molecular weight excluding hydrogens is 281 g/mol. The quantitative estimate of drug-likeness (QED) is 0.922. The van der Waals surface area contributed by atoms with Crippen molar-refractivity contribution in [2.75, 3.05) is 6.54 Å². The molecule has 1 saturated carbocycles. The van der Waals surface area contributed by atoms with Crippen LogP contribution in [-0.2, 0) is 6.54 Å². The molecule has 112 valence electrons. The average Bonchev–Trinajstić information content (AvgIpc) is 3.19. The van der Waals surface area contributed by atoms with E-state index in [1.807, 2.05) is 30.3 Å². The van der Waals surface area contributed by atoms with Crippen LogP contribution >= 0.6 is 0 Å². The summed E-state index contributed by atoms with van der Waals surface area (Å²) in [4.78, 5) is 0. The zero-order valence-electron chi connectivity index (χ0n) is 11.3. The summed E-state index contributed by atoms with van der Waals surface area (Å²) in [6.45, 7) is -0.937. The molecule has 0 saturated heterocycles. The Hall–Kier alpha value is -1.89. The third-order valence-electron chi connectivity index (χ3n) is 3.36. The van der Waals surface area contributed by atoms with Gasteiger partial charge in [-0.2, -0.15) is 13.2 Å². The highest BCUT2D eigenvalue weighted by Crippen LogP contribution is 2.41. The Morgan fingerprint density at radius 1 is 1.19 bits per heavy atom. The number of nitrogens with zero attached hydrogens (tertiary/aromatic N) is 3. The largest absolute Gasteiger partial charge is 0.401 e. The van der Waals surface area contributed by atoms with Crippen molar-refractivity contribution in [2.45, 2.75) is 31.5 Å². The van der Waals surface area contributed by atoms with E-state index in [0.29, 0.717) is 11.6 Å². The molecule has 0 bridgehead atoms. The van der Waals surface area contributed by atoms with Crippen LogP contribution in [0.2, 0.25) is 0 Å². The number of hydrogen-bond donors (Lipinski definition) is 1. The number of rotatable bonds is 5. The van der Waals surface area contributed by atoms with Crippen molar-refractivity contribution in [2.24, 2.45) is 0 Å². The fraction of sp³-hybridized carbons (Fsp3) is 0.429. The number of aromatic nitrogens is 3. The van der Waals surface area contributed by atoms with Crippen LogP contribution in [0, 0.1) is 0 Å². The Morgan fingerprint density at radius 3 is 2.52 bits per heavy atom. The highest BCUT2D eigenvalue weighted by Gasteiger charge is 2.32. The lowest BCUT2D eigenvalue weighted by Crippen LogP contribution is -2.28. The monoisotopic (exact) mass is 296 g/mol. The summed E-state index contributed by atoms with van der Waals surface area (Å²) in [5.41, 5.74) is 2.41. The first-order valence-electron chi connectivity index (χ1n) is 6.82. The molecule has 0 atom stereocenters. The van der Waals surface area contributed by atoms with Crippen LogP contribution in [0.5, 0.6) is 0 Å². The smallest absolute Gasteiger partial charge is 0.303 e. The molecular formula is C14H15F3N4. The van der Waals surface area contributed by atoms with E-state index in [1.165, 1.54) is 0 Å². The first kappa shape index (κ1) is 14.1. The second-order valence-corrected chi connectivity index (χ2v) is 5.16. The van der Waals surface area contributed by atoms with E-state index in [4.69, 9.17) is 0 Å². The van der Waals surface area contributed by atoms with Crippen LogP contribution in [0.25, 0.3) is 5.69 Å². The molecule has 4 nitrogen and oxygen atoms in total. The number of benzene rings is 1. The minimum absolute atomic E-state index is 0.0815. The third-order valence-corrected chi connectivity index (χ3v) is 3.36. The Labute approximate surface area is 120 Å². The molecule has 1 heterocycles. The van der Waals surface area contributed by atoms with Crippen molar-refractivity contribution in [1.29, 1.82) is 0 Å². The van der Waals surface area contributed by atoms with Gasteiger partial charge in [0, 0.05) is 12.5 Å². The summed E-state index contributed by atoms with van der Waals surface area (Å²) in [5.74, 6) is 0.350. The zero-order valence-corrected chi connectivity index (χ0v) is 11.3. The number of nitrogens with one attached hydrogen (secondary N) is 1. The Bertz CT molecular complexity index is 602. The van der Waals surface area contributed by atoms with Crippen molar-refractivity contribution in [3.63, 3.8) is 0 Å². The van der Waals surface area contributed by atoms with E-state index < -0.39 is 12.7 Å². The Morgan fingerprint density at radius 2 is 1.90 bits per heavy atom. The van der Waals surface area contributed by atoms with Crippen molar-refractivity contribution in [3.8, 4) is 5.69 Å². The van der Waals surface area contributed by atoms with Gasteiger partial charge < -0.3 is 5.32 Å². The van der Waals surface area contributed by atoms with Gasteiger partial charge in [0.05, 0.1) is 17.9 Å². The second kappa shape index (κ2) is 5.48. The molecule has 1 fully saturated rings. The van der Waals surface area contributed by atoms with E-state index in [9.17, 15) is 13.2 Å². The second-order valence-electron chi connectivity index (χ2n) is 5.16. The van der Waals surface area contributed by atoms with Crippen molar-refractivity contribution < 1.29 is 13.2 Å². The topological polar surface area (TPSA) is 42.7 Å². The molecule has 1 aromatic heterocycles. The van der Waals surface area contributed by atoms with Crippen molar-refractivity contribution in [1.82, 2.24) is 20.3 Å². The summed E-state index contributed by atoms with van der Waals surface area (Å²) < 4.78 is 38.3. The van der Waals surface area contributed by atoms with Gasteiger partial charge in [0.2, 0.25) is 0 Å². The van der Waals surface area contributed by atoms with Gasteiger partial charge in [-0.3, -0.25) is 0 Å². The predicted molar refractivity (Wildman–Crippen MR) is 71.1 cm³/mol. The Kier molecular flexibility index (Phi) is 3.67. The lowest BCUT2D eigenvalue weighted by molar-refractivity contribution is -0.125. The van der Waals surface area contributed by atoms with Gasteiger partial charge in [0.1, 0.15) is 5.69 Å². The van der Waals surface area contributed by atoms with Crippen LogP contribution < -0.4 is 5.32 Å². The van der Waals surface area contributed by atoms with Crippen LogP contribution in [0.4, 0.5) is 13.2 Å². The van der Waals surface area contributed by atoms with E-state index in [2.05, 4.69) is 15.6 Å². The maximum Gasteiger partial charge on any atom is 0.401 e. The summed E-state index contributed by atoms with van der Waals surface area (Å²) in [6.07, 6.45) is -2.14. The minimum atomic E-state index is -4.21. The number of halogens is 3. The van der Waals surface area contributed by atoms with Gasteiger partial charge in [-0.1, -0.05) is 23.4 Å². The molecule has 0 aliphatic heterocycles. The summed E-state index contributed by atoms with van der Waals surface area (Å²) in [7, 11) is 0. The van der Waals surface area contributed by atoms with Gasteiger partial charge in [-0.15, -0.1) is 5.10 Å². The van der Waals surface area contributed by atoms with E-state index >= 15 is 0 Å². The maximum absolute atomic E-state index is 12.2. The summed E-state index contributed by atoms with van der Waals surface area (Å²) >= 11 is 0. The van der Waals surface area contributed by atoms with Crippen LogP contribution in [0.1, 0.15) is 30.1 Å². The zero-order chi connectivity index (χ0) is 14.9. The van der Waals surface area contributed by atoms with E-state index in [1.54, 1.807) is 4.68 Å². The number of hydrogen-bond acceptors (Lipinski definition) is 3. The molecule has 1 N–H and O–H groups in total. The number of para-hydroxylation sites is 1. The van der Waals surface area contributed by atoms with Crippen LogP contribution in [0.15, 0.2) is 30.3 Å². The molecule has 2 aromatic rings. The summed E-state index contributed by atoms with van der Waals surface area (Å²) in [5, 5.41) is 10.6. The van der Waals surface area contributed by atoms with Crippen LogP contribution in [-0.4, -0.2) is 27.7 Å². The standard InChI is InChI=1S/C14H15F3N4/c15-14(16,17)9-18-8-12-13(10-6-7-10)21(20-19-12)11-4-2-1-3-5-11/h1-5,10,18H,6-9H2. The molecule has 1 aliphatic carbocycles. The first-order valence-corrected chi connectivity index (χ1v) is 6.82. The third kappa shape index (κ3) is 3.41. The molecule has 0 unspecified atom stereocenters. The molecule has 1 aromatic carbocycles. The van der Waals surface area contributed by atoms with Gasteiger partial charge >= 0.3 is 6.18 Å². The van der Waals surface area contributed by atoms with Gasteiger partial charge in [0.25, 0.3) is 0 Å². The lowest BCUT2D eigenvalue weighted by atomic mass is 10.2. The molecule has 7 heteroatoms. The minimum Gasteiger partial charge on any atom is -0.303 e. The SMILES string of the molecule is FC(F)(F)CNCc1nnn(-c2ccccc2)c1C1CC1. The van der Waals surface area contributed by atoms with Gasteiger partial charge in [-0.25, -0.2) is 4.68 Å². The van der Waals surface area contributed by atoms with Gasteiger partial charge in [-0.05, 0) is 25.0 Å². The first-order chi connectivity index (χ1) is 10.0. The fourth-order valence-corrected chi connectivity index (χ4v) is 2.29. The lowest BCUT2D eigenvalue weighted by Gasteiger charge is -2.09. The van der Waals surface area contributed by atoms with Crippen molar-refractivity contribution in [3.05, 3.63) is 41.7 Å². The Balaban J connectivity index is 1.80. The highest BCUT2D eigenvalue weighted by molar-refractivity contribution is 5.35. The molecule has 1 aliphatic rings. The predicted octanol–water partition coefficient (Wildman–Crippen LogP) is 2.80. The fourth-order valence-electron chi connectivity index (χ4n) is 2.29. The molecule has 0 spiro atoms. The summed E-state index contributed by atoms with van der Waals surface area (Å²) in [6, 6.07) is 9.52. The van der Waals surface area contributed by atoms with Crippen LogP contribution in [0.3, 0.4) is 0 Å². The average molecular weight is 296 g/mol. The van der Waals surface area contributed by atoms with E-state index in [-0.39, 0.29) is 6.54 Å². The molecule has 21 heavy (non-hydrogen) atoms. The normalized spacial score (nSPS) is 15.4.